The van der Waals surface area contributed by atoms with E-state index in [-0.39, 0.29) is 18.6 Å². The maximum atomic E-state index is 12.5. The quantitative estimate of drug-likeness (QED) is 0.677. The van der Waals surface area contributed by atoms with Crippen LogP contribution in [0.25, 0.3) is 0 Å². The van der Waals surface area contributed by atoms with Gasteiger partial charge in [0.05, 0.1) is 17.7 Å². The maximum Gasteiger partial charge on any atom is 0.222 e. The summed E-state index contributed by atoms with van der Waals surface area (Å²) in [5.74, 6) is 2.10. The number of rotatable bonds is 4. The fourth-order valence-electron chi connectivity index (χ4n) is 3.78. The van der Waals surface area contributed by atoms with Crippen LogP contribution >= 0.6 is 11.6 Å². The van der Waals surface area contributed by atoms with E-state index in [2.05, 4.69) is 15.5 Å². The Bertz CT molecular complexity index is 1010. The van der Waals surface area contributed by atoms with Gasteiger partial charge in [-0.25, -0.2) is 4.99 Å². The summed E-state index contributed by atoms with van der Waals surface area (Å²) in [4.78, 5) is 19.6. The van der Waals surface area contributed by atoms with Gasteiger partial charge in [-0.15, -0.1) is 0 Å². The number of nitrogens with one attached hydrogen (secondary N) is 2. The molecule has 1 fully saturated rings. The summed E-state index contributed by atoms with van der Waals surface area (Å²) in [6, 6.07) is 13.2. The first kappa shape index (κ1) is 21.6. The van der Waals surface area contributed by atoms with Crippen molar-refractivity contribution in [2.24, 2.45) is 4.99 Å². The number of benzene rings is 2. The first-order valence-electron chi connectivity index (χ1n) is 10.4. The van der Waals surface area contributed by atoms with Crippen molar-refractivity contribution in [3.63, 3.8) is 0 Å². The number of amides is 1. The Morgan fingerprint density at radius 1 is 1.32 bits per heavy atom. The minimum absolute atomic E-state index is 0.0406. The molecule has 0 aromatic heterocycles. The largest absolute Gasteiger partial charge is 0.454 e. The molecule has 7 nitrogen and oxygen atoms in total. The van der Waals surface area contributed by atoms with Gasteiger partial charge in [0.15, 0.2) is 5.75 Å². The highest BCUT2D eigenvalue weighted by atomic mass is 35.5. The van der Waals surface area contributed by atoms with Gasteiger partial charge in [0, 0.05) is 37.1 Å². The van der Waals surface area contributed by atoms with Crippen molar-refractivity contribution in [1.29, 1.82) is 0 Å². The topological polar surface area (TPSA) is 86.2 Å². The van der Waals surface area contributed by atoms with E-state index in [0.29, 0.717) is 29.4 Å². The molecular weight excluding hydrogens is 416 g/mol. The average molecular weight is 443 g/mol. The molecule has 0 bridgehead atoms. The predicted octanol–water partition coefficient (Wildman–Crippen LogP) is 3.08. The van der Waals surface area contributed by atoms with Crippen LogP contribution in [-0.4, -0.2) is 59.6 Å². The SMILES string of the molecule is CC(C)(CO)NC(=O)C[C@H]1CN(C2=Nc3cc(Cl)ccc3Oc3ccccc32)CCN1. The molecule has 0 aliphatic carbocycles. The van der Waals surface area contributed by atoms with Gasteiger partial charge in [0.2, 0.25) is 5.91 Å². The van der Waals surface area contributed by atoms with Gasteiger partial charge in [-0.05, 0) is 44.2 Å². The Labute approximate surface area is 187 Å². The van der Waals surface area contributed by atoms with Crippen molar-refractivity contribution in [2.75, 3.05) is 26.2 Å². The van der Waals surface area contributed by atoms with Crippen molar-refractivity contribution in [3.05, 3.63) is 53.1 Å². The zero-order valence-corrected chi connectivity index (χ0v) is 18.4. The van der Waals surface area contributed by atoms with Crippen LogP contribution in [0.1, 0.15) is 25.8 Å². The number of fused-ring (bicyclic) bond motifs is 2. The van der Waals surface area contributed by atoms with Crippen LogP contribution in [0.5, 0.6) is 11.5 Å². The second kappa shape index (κ2) is 8.86. The zero-order chi connectivity index (χ0) is 22.0. The van der Waals surface area contributed by atoms with Gasteiger partial charge < -0.3 is 25.4 Å². The standard InChI is InChI=1S/C23H27ClN4O3/c1-23(2,14-29)27-21(30)12-16-13-28(10-9-25-16)22-17-5-3-4-6-19(17)31-20-8-7-15(24)11-18(20)26-22/h3-8,11,16,25,29H,9-10,12-14H2,1-2H3,(H,27,30)/t16-/m0/s1. The lowest BCUT2D eigenvalue weighted by molar-refractivity contribution is -0.123. The summed E-state index contributed by atoms with van der Waals surface area (Å²) in [5, 5.41) is 16.3. The summed E-state index contributed by atoms with van der Waals surface area (Å²) in [6.07, 6.45) is 0.313. The summed E-state index contributed by atoms with van der Waals surface area (Å²) >= 11 is 6.21. The number of ether oxygens (including phenoxy) is 1. The number of amidine groups is 1. The molecule has 2 heterocycles. The molecule has 4 rings (SSSR count). The highest BCUT2D eigenvalue weighted by Crippen LogP contribution is 2.39. The van der Waals surface area contributed by atoms with Gasteiger partial charge in [0.1, 0.15) is 17.3 Å². The number of carbonyl (C=O) groups excluding carboxylic acids is 1. The number of carbonyl (C=O) groups is 1. The first-order valence-corrected chi connectivity index (χ1v) is 10.8. The molecule has 8 heteroatoms. The summed E-state index contributed by atoms with van der Waals surface area (Å²) in [6.45, 7) is 5.58. The van der Waals surface area contributed by atoms with Crippen molar-refractivity contribution >= 4 is 29.0 Å². The smallest absolute Gasteiger partial charge is 0.222 e. The van der Waals surface area contributed by atoms with E-state index in [9.17, 15) is 9.90 Å². The van der Waals surface area contributed by atoms with Crippen LogP contribution in [-0.2, 0) is 4.79 Å². The number of piperazine rings is 1. The lowest BCUT2D eigenvalue weighted by atomic mass is 10.0. The van der Waals surface area contributed by atoms with Crippen LogP contribution < -0.4 is 15.4 Å². The molecule has 31 heavy (non-hydrogen) atoms. The number of aliphatic hydroxyl groups is 1. The van der Waals surface area contributed by atoms with Crippen LogP contribution in [0.15, 0.2) is 47.5 Å². The Morgan fingerprint density at radius 2 is 2.13 bits per heavy atom. The number of hydrogen-bond donors (Lipinski definition) is 3. The molecule has 164 valence electrons. The Kier molecular flexibility index (Phi) is 6.18. The molecule has 1 saturated heterocycles. The number of halogens is 1. The number of nitrogens with zero attached hydrogens (tertiary/aromatic N) is 2. The van der Waals surface area contributed by atoms with Crippen LogP contribution in [0.3, 0.4) is 0 Å². The maximum absolute atomic E-state index is 12.5. The number of aliphatic imine (C=N–C) groups is 1. The van der Waals surface area contributed by atoms with Crippen molar-refractivity contribution in [1.82, 2.24) is 15.5 Å². The second-order valence-corrected chi connectivity index (χ2v) is 8.97. The predicted molar refractivity (Wildman–Crippen MR) is 121 cm³/mol. The highest BCUT2D eigenvalue weighted by molar-refractivity contribution is 6.31. The molecule has 2 aromatic rings. The molecule has 1 amide bonds. The number of hydrogen-bond acceptors (Lipinski definition) is 6. The van der Waals surface area contributed by atoms with Crippen molar-refractivity contribution in [2.45, 2.75) is 31.8 Å². The summed E-state index contributed by atoms with van der Waals surface area (Å²) in [5.41, 5.74) is 0.938. The Balaban J connectivity index is 1.59. The molecule has 1 atom stereocenters. The molecule has 3 N–H and O–H groups in total. The van der Waals surface area contributed by atoms with Crippen LogP contribution in [0.4, 0.5) is 5.69 Å². The third kappa shape index (κ3) is 5.01. The lowest BCUT2D eigenvalue weighted by Gasteiger charge is -2.36. The molecule has 0 radical (unpaired) electrons. The number of para-hydroxylation sites is 1. The molecule has 0 saturated carbocycles. The van der Waals surface area contributed by atoms with Gasteiger partial charge in [-0.1, -0.05) is 23.7 Å². The third-order valence-corrected chi connectivity index (χ3v) is 5.59. The van der Waals surface area contributed by atoms with E-state index in [1.165, 1.54) is 0 Å². The molecule has 2 aromatic carbocycles. The van der Waals surface area contributed by atoms with E-state index in [1.807, 2.05) is 30.3 Å². The van der Waals surface area contributed by atoms with Crippen LogP contribution in [0.2, 0.25) is 5.02 Å². The van der Waals surface area contributed by atoms with E-state index in [1.54, 1.807) is 26.0 Å². The summed E-state index contributed by atoms with van der Waals surface area (Å²) < 4.78 is 6.13. The molecule has 2 aliphatic rings. The Morgan fingerprint density at radius 3 is 2.94 bits per heavy atom. The molecular formula is C23H27ClN4O3. The van der Waals surface area contributed by atoms with Crippen molar-refractivity contribution < 1.29 is 14.6 Å². The van der Waals surface area contributed by atoms with Gasteiger partial charge >= 0.3 is 0 Å². The zero-order valence-electron chi connectivity index (χ0n) is 17.7. The van der Waals surface area contributed by atoms with E-state index < -0.39 is 5.54 Å². The third-order valence-electron chi connectivity index (χ3n) is 5.36. The fraction of sp³-hybridized carbons (Fsp3) is 0.391. The van der Waals surface area contributed by atoms with Crippen LogP contribution in [0, 0.1) is 0 Å². The molecule has 0 unspecified atom stereocenters. The minimum Gasteiger partial charge on any atom is -0.454 e. The molecule has 0 spiro atoms. The first-order chi connectivity index (χ1) is 14.8. The Hall–Kier alpha value is -2.61. The molecule has 2 aliphatic heterocycles. The number of aliphatic hydroxyl groups excluding tert-OH is 1. The van der Waals surface area contributed by atoms with Crippen molar-refractivity contribution in [3.8, 4) is 11.5 Å². The average Bonchev–Trinajstić information content (AvgIpc) is 2.90. The minimum atomic E-state index is -0.643. The fourth-order valence-corrected chi connectivity index (χ4v) is 3.95. The summed E-state index contributed by atoms with van der Waals surface area (Å²) in [7, 11) is 0. The van der Waals surface area contributed by atoms with E-state index in [0.717, 1.165) is 30.2 Å². The highest BCUT2D eigenvalue weighted by Gasteiger charge is 2.29. The van der Waals surface area contributed by atoms with E-state index in [4.69, 9.17) is 21.3 Å². The second-order valence-electron chi connectivity index (χ2n) is 8.54. The van der Waals surface area contributed by atoms with Gasteiger partial charge in [-0.2, -0.15) is 0 Å². The van der Waals surface area contributed by atoms with Gasteiger partial charge in [-0.3, -0.25) is 4.79 Å². The normalized spacial score (nSPS) is 18.3. The lowest BCUT2D eigenvalue weighted by Crippen LogP contribution is -2.55. The van der Waals surface area contributed by atoms with Gasteiger partial charge in [0.25, 0.3) is 0 Å². The van der Waals surface area contributed by atoms with E-state index >= 15 is 0 Å². The monoisotopic (exact) mass is 442 g/mol.